The van der Waals surface area contributed by atoms with Gasteiger partial charge in [0.2, 0.25) is 0 Å². The van der Waals surface area contributed by atoms with E-state index in [0.717, 1.165) is 0 Å². The number of rotatable bonds is 0. The molecule has 7 heavy (non-hydrogen) atoms. The Bertz CT molecular complexity index is 57.8. The Morgan fingerprint density at radius 2 is 1.14 bits per heavy atom. The van der Waals surface area contributed by atoms with E-state index in [9.17, 15) is 0 Å². The average molecular weight is 209 g/mol. The summed E-state index contributed by atoms with van der Waals surface area (Å²) < 4.78 is 8.55. The first kappa shape index (κ1) is 15.7. The maximum absolute atomic E-state index is 8.55. The Hall–Kier alpha value is 1.14. The molecule has 0 aliphatic carbocycles. The van der Waals surface area contributed by atoms with Crippen LogP contribution in [0.25, 0.3) is 0 Å². The second-order valence-electron chi connectivity index (χ2n) is 0.447. The molecule has 0 saturated carbocycles. The van der Waals surface area contributed by atoms with Crippen molar-refractivity contribution in [2.75, 3.05) is 0 Å². The van der Waals surface area contributed by atoms with Gasteiger partial charge >= 0.3 is 33.8 Å². The second-order valence-corrected chi connectivity index (χ2v) is 1.34. The van der Waals surface area contributed by atoms with Crippen LogP contribution < -0.4 is 14.7 Å². The molecule has 0 aromatic heterocycles. The predicted octanol–water partition coefficient (Wildman–Crippen LogP) is -2.83. The van der Waals surface area contributed by atoms with Crippen molar-refractivity contribution in [3.8, 4) is 0 Å². The molecule has 0 fully saturated rings. The molecule has 0 aliphatic rings. The summed E-state index contributed by atoms with van der Waals surface area (Å²) in [6, 6.07) is 0. The second kappa shape index (κ2) is 5.28. The Morgan fingerprint density at radius 3 is 1.14 bits per heavy atom. The zero-order valence-electron chi connectivity index (χ0n) is 2.79. The van der Waals surface area contributed by atoms with E-state index in [4.69, 9.17) is 19.2 Å². The van der Waals surface area contributed by atoms with Crippen molar-refractivity contribution in [3.63, 3.8) is 0 Å². The van der Waals surface area contributed by atoms with Gasteiger partial charge in [0.15, 0.2) is 0 Å². The van der Waals surface area contributed by atoms with Gasteiger partial charge in [0, 0.05) is 0 Å². The molecule has 0 saturated heterocycles. The van der Waals surface area contributed by atoms with Gasteiger partial charge in [0.05, 0.1) is 0 Å². The maximum Gasteiger partial charge on any atom is 2.00 e. The molecular formula is CoMnO4P+. The quantitative estimate of drug-likeness (QED) is 0.317. The van der Waals surface area contributed by atoms with Gasteiger partial charge in [-0.25, -0.2) is 0 Å². The normalized spacial score (nSPS) is 8.43. The topological polar surface area (TPSA) is 86.2 Å². The third kappa shape index (κ3) is 146. The van der Waals surface area contributed by atoms with Gasteiger partial charge in [0.1, 0.15) is 0 Å². The van der Waals surface area contributed by atoms with E-state index in [1.807, 2.05) is 0 Å². The molecule has 4 nitrogen and oxygen atoms in total. The molecule has 7 heteroatoms. The van der Waals surface area contributed by atoms with Gasteiger partial charge in [0.25, 0.3) is 0 Å². The predicted molar refractivity (Wildman–Crippen MR) is 7.61 cm³/mol. The molecule has 0 bridgehead atoms. The largest absolute Gasteiger partial charge is 2.00 e. The van der Waals surface area contributed by atoms with E-state index in [1.54, 1.807) is 0 Å². The van der Waals surface area contributed by atoms with E-state index >= 15 is 0 Å². The molecule has 0 aromatic rings. The Kier molecular flexibility index (Phi) is 11.8. The summed E-state index contributed by atoms with van der Waals surface area (Å²) in [7, 11) is -5.39. The van der Waals surface area contributed by atoms with Crippen molar-refractivity contribution in [1.82, 2.24) is 0 Å². The summed E-state index contributed by atoms with van der Waals surface area (Å²) in [4.78, 5) is 25.6. The summed E-state index contributed by atoms with van der Waals surface area (Å²) >= 11 is 0. The van der Waals surface area contributed by atoms with Crippen LogP contribution in [-0.2, 0) is 38.4 Å². The number of hydrogen-bond acceptors (Lipinski definition) is 4. The third-order valence-electron chi connectivity index (χ3n) is 0. The average Bonchev–Trinajstić information content (AvgIpc) is 0.722. The van der Waals surface area contributed by atoms with Gasteiger partial charge in [-0.2, -0.15) is 7.82 Å². The van der Waals surface area contributed by atoms with Crippen LogP contribution in [0.5, 0.6) is 0 Å². The van der Waals surface area contributed by atoms with Crippen LogP contribution in [0.3, 0.4) is 0 Å². The van der Waals surface area contributed by atoms with Crippen molar-refractivity contribution in [1.29, 1.82) is 0 Å². The molecule has 44 valence electrons. The molecule has 0 N–H and O–H groups in total. The molecule has 0 aliphatic heterocycles. The van der Waals surface area contributed by atoms with E-state index in [1.165, 1.54) is 0 Å². The van der Waals surface area contributed by atoms with Crippen molar-refractivity contribution in [3.05, 3.63) is 0 Å². The molecule has 0 rings (SSSR count). The van der Waals surface area contributed by atoms with Gasteiger partial charge in [-0.15, -0.1) is 0 Å². The van der Waals surface area contributed by atoms with Crippen LogP contribution in [0.15, 0.2) is 0 Å². The zero-order chi connectivity index (χ0) is 4.50. The Labute approximate surface area is 61.2 Å². The minimum absolute atomic E-state index is 0. The van der Waals surface area contributed by atoms with Crippen LogP contribution in [0.4, 0.5) is 0 Å². The van der Waals surface area contributed by atoms with Crippen molar-refractivity contribution >= 4 is 7.82 Å². The summed E-state index contributed by atoms with van der Waals surface area (Å²) in [5.74, 6) is 0. The van der Waals surface area contributed by atoms with Gasteiger partial charge in [-0.1, -0.05) is 0 Å². The Morgan fingerprint density at radius 1 is 1.14 bits per heavy atom. The number of hydrogen-bond donors (Lipinski definition) is 0. The standard InChI is InChI=1S/Co.Mn.H3O4P/c;;1-5(2,3)4/h;;(H3,1,2,3,4)/q2*+2;/p-3. The summed E-state index contributed by atoms with van der Waals surface area (Å²) in [6.45, 7) is 0. The van der Waals surface area contributed by atoms with Crippen LogP contribution in [0.2, 0.25) is 0 Å². The fourth-order valence-electron chi connectivity index (χ4n) is 0. The van der Waals surface area contributed by atoms with Gasteiger partial charge in [-0.3, -0.25) is 0 Å². The summed E-state index contributed by atoms with van der Waals surface area (Å²) in [5, 5.41) is 0. The van der Waals surface area contributed by atoms with E-state index in [2.05, 4.69) is 0 Å². The SMILES string of the molecule is O=P([O-])([O-])[O-].[Co+2].[Mn+2]. The van der Waals surface area contributed by atoms with Crippen molar-refractivity contribution in [2.45, 2.75) is 0 Å². The fraction of sp³-hybridized carbons (Fsp3) is 0. The first-order valence-electron chi connectivity index (χ1n) is 0.730. The van der Waals surface area contributed by atoms with E-state index in [0.29, 0.717) is 0 Å². The molecule has 2 radical (unpaired) electrons. The van der Waals surface area contributed by atoms with Crippen LogP contribution in [0, 0.1) is 0 Å². The summed E-state index contributed by atoms with van der Waals surface area (Å²) in [6.07, 6.45) is 0. The first-order chi connectivity index (χ1) is 2.00. The minimum atomic E-state index is -5.39. The molecule has 0 spiro atoms. The van der Waals surface area contributed by atoms with Crippen molar-refractivity contribution < 1.29 is 53.1 Å². The van der Waals surface area contributed by atoms with Crippen LogP contribution in [0.1, 0.15) is 0 Å². The molecule has 0 heterocycles. The van der Waals surface area contributed by atoms with E-state index in [-0.39, 0.29) is 33.8 Å². The molecule has 0 atom stereocenters. The third-order valence-corrected chi connectivity index (χ3v) is 0. The first-order valence-corrected chi connectivity index (χ1v) is 2.19. The molecule has 0 amide bonds. The van der Waals surface area contributed by atoms with Crippen molar-refractivity contribution in [2.24, 2.45) is 0 Å². The van der Waals surface area contributed by atoms with E-state index < -0.39 is 7.82 Å². The molecular weight excluding hydrogens is 209 g/mol. The van der Waals surface area contributed by atoms with Crippen LogP contribution >= 0.6 is 7.82 Å². The van der Waals surface area contributed by atoms with Gasteiger partial charge < -0.3 is 19.2 Å². The minimum Gasteiger partial charge on any atom is -0.822 e. The zero-order valence-corrected chi connectivity index (χ0v) is 5.91. The Balaban J connectivity index is -0.0000000800. The molecule has 0 unspecified atom stereocenters. The number of phosphoric acid groups is 1. The fourth-order valence-corrected chi connectivity index (χ4v) is 0. The van der Waals surface area contributed by atoms with Gasteiger partial charge in [-0.05, 0) is 0 Å². The van der Waals surface area contributed by atoms with Crippen LogP contribution in [-0.4, -0.2) is 0 Å². The maximum atomic E-state index is 8.55. The summed E-state index contributed by atoms with van der Waals surface area (Å²) in [5.41, 5.74) is 0. The monoisotopic (exact) mass is 209 g/mol. The molecule has 0 aromatic carbocycles. The smallest absolute Gasteiger partial charge is 0.822 e.